The molecule has 106 valence electrons. The first-order valence-electron chi connectivity index (χ1n) is 7.05. The van der Waals surface area contributed by atoms with Crippen molar-refractivity contribution in [2.24, 2.45) is 11.1 Å². The molecule has 0 aromatic heterocycles. The average Bonchev–Trinajstić information content (AvgIpc) is 2.35. The highest BCUT2D eigenvalue weighted by Gasteiger charge is 2.21. The number of hydrogen-bond donors (Lipinski definition) is 2. The van der Waals surface area contributed by atoms with E-state index < -0.39 is 0 Å². The molecule has 0 aromatic rings. The minimum absolute atomic E-state index is 0.136. The molecule has 1 aliphatic heterocycles. The second-order valence-electron chi connectivity index (χ2n) is 6.03. The summed E-state index contributed by atoms with van der Waals surface area (Å²) in [7, 11) is 1.81. The van der Waals surface area contributed by atoms with Crippen LogP contribution in [0.1, 0.15) is 46.0 Å². The molecule has 4 heteroatoms. The molecule has 1 heterocycles. The normalized spacial score (nSPS) is 19.1. The van der Waals surface area contributed by atoms with Crippen LogP contribution in [0.2, 0.25) is 0 Å². The largest absolute Gasteiger partial charge is 0.387 e. The van der Waals surface area contributed by atoms with Gasteiger partial charge in [0.15, 0.2) is 0 Å². The number of nitrogens with zero attached hydrogens (tertiary/aromatic N) is 1. The molecule has 1 saturated heterocycles. The van der Waals surface area contributed by atoms with Gasteiger partial charge in [-0.05, 0) is 32.2 Å². The molecule has 1 aliphatic rings. The number of hydrogen-bond acceptors (Lipinski definition) is 3. The van der Waals surface area contributed by atoms with Crippen molar-refractivity contribution in [1.29, 1.82) is 5.41 Å². The summed E-state index contributed by atoms with van der Waals surface area (Å²) in [5.41, 5.74) is 5.45. The van der Waals surface area contributed by atoms with Crippen LogP contribution in [0, 0.1) is 10.8 Å². The van der Waals surface area contributed by atoms with Crippen LogP contribution in [-0.4, -0.2) is 43.6 Å². The van der Waals surface area contributed by atoms with Crippen molar-refractivity contribution in [3.63, 3.8) is 0 Å². The van der Waals surface area contributed by atoms with E-state index >= 15 is 0 Å². The first kappa shape index (κ1) is 15.4. The molecule has 0 bridgehead atoms. The maximum absolute atomic E-state index is 7.53. The predicted molar refractivity (Wildman–Crippen MR) is 76.0 cm³/mol. The number of likely N-dealkylation sites (tertiary alicyclic amines) is 1. The van der Waals surface area contributed by atoms with Crippen LogP contribution < -0.4 is 5.73 Å². The van der Waals surface area contributed by atoms with Gasteiger partial charge in [-0.1, -0.05) is 20.3 Å². The highest BCUT2D eigenvalue weighted by Crippen LogP contribution is 2.23. The average molecular weight is 255 g/mol. The summed E-state index contributed by atoms with van der Waals surface area (Å²) in [5.74, 6) is 0.309. The number of nitrogens with two attached hydrogens (primary N) is 1. The van der Waals surface area contributed by atoms with Crippen LogP contribution in [0.15, 0.2) is 0 Å². The van der Waals surface area contributed by atoms with Gasteiger partial charge in [-0.25, -0.2) is 0 Å². The Labute approximate surface area is 111 Å². The fraction of sp³-hybridized carbons (Fsp3) is 0.929. The lowest BCUT2D eigenvalue weighted by molar-refractivity contribution is 0.0406. The third kappa shape index (κ3) is 4.94. The molecule has 0 unspecified atom stereocenters. The van der Waals surface area contributed by atoms with Gasteiger partial charge in [0.1, 0.15) is 0 Å². The molecule has 0 aromatic carbocycles. The van der Waals surface area contributed by atoms with Crippen LogP contribution in [0.5, 0.6) is 0 Å². The monoisotopic (exact) mass is 255 g/mol. The summed E-state index contributed by atoms with van der Waals surface area (Å²) in [6, 6.07) is 0. The van der Waals surface area contributed by atoms with E-state index in [1.54, 1.807) is 0 Å². The molecule has 3 N–H and O–H groups in total. The van der Waals surface area contributed by atoms with Gasteiger partial charge in [-0.2, -0.15) is 0 Å². The van der Waals surface area contributed by atoms with Gasteiger partial charge in [0, 0.05) is 25.6 Å². The molecule has 0 radical (unpaired) electrons. The summed E-state index contributed by atoms with van der Waals surface area (Å²) in [5, 5.41) is 7.53. The van der Waals surface area contributed by atoms with E-state index in [-0.39, 0.29) is 5.41 Å². The van der Waals surface area contributed by atoms with E-state index in [1.165, 1.54) is 13.0 Å². The van der Waals surface area contributed by atoms with Crippen molar-refractivity contribution in [3.8, 4) is 0 Å². The number of rotatable bonds is 7. The minimum Gasteiger partial charge on any atom is -0.387 e. The molecule has 0 amide bonds. The second-order valence-corrected chi connectivity index (χ2v) is 6.03. The topological polar surface area (TPSA) is 62.3 Å². The van der Waals surface area contributed by atoms with E-state index in [9.17, 15) is 0 Å². The number of unbranched alkanes of at least 4 members (excludes halogenated alkanes) is 1. The van der Waals surface area contributed by atoms with Gasteiger partial charge in [0.25, 0.3) is 0 Å². The maximum Gasteiger partial charge on any atom is 0.0963 e. The Hall–Kier alpha value is -0.610. The highest BCUT2D eigenvalue weighted by atomic mass is 16.5. The number of nitrogens with one attached hydrogen (secondary N) is 1. The van der Waals surface area contributed by atoms with Crippen LogP contribution in [0.4, 0.5) is 0 Å². The lowest BCUT2D eigenvalue weighted by atomic mass is 9.86. The second kappa shape index (κ2) is 7.10. The SMILES string of the molecule is COC1CCN(CCCCC(C)(C)C(=N)N)CC1. The smallest absolute Gasteiger partial charge is 0.0963 e. The lowest BCUT2D eigenvalue weighted by Gasteiger charge is -2.31. The zero-order valence-corrected chi connectivity index (χ0v) is 12.2. The third-order valence-electron chi connectivity index (χ3n) is 4.12. The number of ether oxygens (including phenoxy) is 1. The van der Waals surface area contributed by atoms with E-state index in [4.69, 9.17) is 15.9 Å². The minimum atomic E-state index is -0.136. The van der Waals surface area contributed by atoms with Crippen molar-refractivity contribution in [2.45, 2.75) is 52.1 Å². The molecule has 0 spiro atoms. The molecule has 0 saturated carbocycles. The summed E-state index contributed by atoms with van der Waals surface area (Å²) in [4.78, 5) is 2.52. The molecule has 0 atom stereocenters. The van der Waals surface area contributed by atoms with Crippen LogP contribution >= 0.6 is 0 Å². The standard InChI is InChI=1S/C14H29N3O/c1-14(2,13(15)16)8-4-5-9-17-10-6-12(18-3)7-11-17/h12H,4-11H2,1-3H3,(H3,15,16). The first-order valence-corrected chi connectivity index (χ1v) is 7.05. The Balaban J connectivity index is 2.10. The fourth-order valence-electron chi connectivity index (χ4n) is 2.41. The van der Waals surface area contributed by atoms with Gasteiger partial charge in [-0.3, -0.25) is 5.41 Å². The molecule has 18 heavy (non-hydrogen) atoms. The highest BCUT2D eigenvalue weighted by molar-refractivity contribution is 5.82. The first-order chi connectivity index (χ1) is 8.45. The van der Waals surface area contributed by atoms with Gasteiger partial charge in [0.05, 0.1) is 11.9 Å². The molecule has 4 nitrogen and oxygen atoms in total. The van der Waals surface area contributed by atoms with E-state index in [0.717, 1.165) is 38.8 Å². The van der Waals surface area contributed by atoms with Crippen molar-refractivity contribution in [3.05, 3.63) is 0 Å². The third-order valence-corrected chi connectivity index (χ3v) is 4.12. The maximum atomic E-state index is 7.53. The quantitative estimate of drug-likeness (QED) is 0.416. The van der Waals surface area contributed by atoms with Gasteiger partial charge < -0.3 is 15.4 Å². The van der Waals surface area contributed by atoms with Crippen molar-refractivity contribution in [2.75, 3.05) is 26.7 Å². The van der Waals surface area contributed by atoms with E-state index in [0.29, 0.717) is 11.9 Å². The summed E-state index contributed by atoms with van der Waals surface area (Å²) < 4.78 is 5.37. The molecule has 1 fully saturated rings. The van der Waals surface area contributed by atoms with E-state index in [1.807, 2.05) is 7.11 Å². The molecular weight excluding hydrogens is 226 g/mol. The number of piperidine rings is 1. The Morgan fingerprint density at radius 2 is 1.94 bits per heavy atom. The zero-order valence-electron chi connectivity index (χ0n) is 12.2. The van der Waals surface area contributed by atoms with Gasteiger partial charge in [-0.15, -0.1) is 0 Å². The van der Waals surface area contributed by atoms with Crippen molar-refractivity contribution < 1.29 is 4.74 Å². The zero-order chi connectivity index (χ0) is 13.6. The summed E-state index contributed by atoms with van der Waals surface area (Å²) in [6.07, 6.45) is 6.16. The van der Waals surface area contributed by atoms with E-state index in [2.05, 4.69) is 18.7 Å². The number of methoxy groups -OCH3 is 1. The molecule has 0 aliphatic carbocycles. The van der Waals surface area contributed by atoms with Gasteiger partial charge in [0.2, 0.25) is 0 Å². The van der Waals surface area contributed by atoms with Crippen molar-refractivity contribution in [1.82, 2.24) is 4.90 Å². The number of amidine groups is 1. The Morgan fingerprint density at radius 1 is 1.33 bits per heavy atom. The fourth-order valence-corrected chi connectivity index (χ4v) is 2.41. The summed E-state index contributed by atoms with van der Waals surface area (Å²) in [6.45, 7) is 7.60. The Bertz CT molecular complexity index is 258. The Kier molecular flexibility index (Phi) is 6.09. The van der Waals surface area contributed by atoms with Crippen LogP contribution in [0.25, 0.3) is 0 Å². The molecular formula is C14H29N3O. The Morgan fingerprint density at radius 3 is 2.44 bits per heavy atom. The van der Waals surface area contributed by atoms with Crippen molar-refractivity contribution >= 4 is 5.84 Å². The summed E-state index contributed by atoms with van der Waals surface area (Å²) >= 11 is 0. The van der Waals surface area contributed by atoms with Crippen LogP contribution in [-0.2, 0) is 4.74 Å². The van der Waals surface area contributed by atoms with Gasteiger partial charge >= 0.3 is 0 Å². The van der Waals surface area contributed by atoms with Crippen LogP contribution in [0.3, 0.4) is 0 Å². The molecule has 1 rings (SSSR count). The predicted octanol–water partition coefficient (Wildman–Crippen LogP) is 2.23. The lowest BCUT2D eigenvalue weighted by Crippen LogP contribution is -2.37.